The van der Waals surface area contributed by atoms with Crippen LogP contribution in [0.25, 0.3) is 0 Å². The monoisotopic (exact) mass is 295 g/mol. The van der Waals surface area contributed by atoms with E-state index in [0.29, 0.717) is 12.0 Å². The maximum atomic E-state index is 13.7. The molecule has 108 valence electrons. The first-order valence-corrected chi connectivity index (χ1v) is 6.31. The molecule has 3 N–H and O–H groups in total. The Kier molecular flexibility index (Phi) is 6.14. The van der Waals surface area contributed by atoms with E-state index < -0.39 is 12.1 Å². The van der Waals surface area contributed by atoms with Gasteiger partial charge in [0.2, 0.25) is 0 Å². The van der Waals surface area contributed by atoms with Gasteiger partial charge >= 0.3 is 0 Å². The number of benzene rings is 2. The smallest absolute Gasteiger partial charge is 0.128 e. The summed E-state index contributed by atoms with van der Waals surface area (Å²) in [6.45, 7) is 1.87. The molecule has 2 aromatic carbocycles. The van der Waals surface area contributed by atoms with E-state index >= 15 is 0 Å². The molecule has 2 aromatic rings. The van der Waals surface area contributed by atoms with Crippen LogP contribution in [0.1, 0.15) is 22.7 Å². The van der Waals surface area contributed by atoms with Crippen LogP contribution in [0, 0.1) is 12.7 Å². The van der Waals surface area contributed by atoms with Gasteiger partial charge in [0.1, 0.15) is 5.82 Å². The van der Waals surface area contributed by atoms with Crippen molar-refractivity contribution in [2.24, 2.45) is 5.73 Å². The van der Waals surface area contributed by atoms with Crippen LogP contribution < -0.4 is 5.73 Å². The van der Waals surface area contributed by atoms with E-state index in [1.807, 2.05) is 37.3 Å². The van der Waals surface area contributed by atoms with Crippen LogP contribution in [-0.4, -0.2) is 11.2 Å². The van der Waals surface area contributed by atoms with Gasteiger partial charge in [-0.05, 0) is 18.6 Å². The van der Waals surface area contributed by atoms with Crippen molar-refractivity contribution in [3.05, 3.63) is 71.0 Å². The molecule has 0 aliphatic carbocycles. The SMILES string of the molecule is Cc1ccc(F)c([C@@H](N)[C@@H](O)Cc2ccccc2)c1.Cl. The lowest BCUT2D eigenvalue weighted by Crippen LogP contribution is -2.29. The Balaban J connectivity index is 0.00000200. The van der Waals surface area contributed by atoms with Crippen molar-refractivity contribution >= 4 is 12.4 Å². The van der Waals surface area contributed by atoms with Gasteiger partial charge < -0.3 is 10.8 Å². The largest absolute Gasteiger partial charge is 0.391 e. The van der Waals surface area contributed by atoms with Gasteiger partial charge in [0, 0.05) is 12.0 Å². The van der Waals surface area contributed by atoms with Gasteiger partial charge in [-0.1, -0.05) is 48.0 Å². The summed E-state index contributed by atoms with van der Waals surface area (Å²) in [5.74, 6) is -0.370. The highest BCUT2D eigenvalue weighted by atomic mass is 35.5. The van der Waals surface area contributed by atoms with Crippen molar-refractivity contribution in [2.45, 2.75) is 25.5 Å². The summed E-state index contributed by atoms with van der Waals surface area (Å²) < 4.78 is 13.7. The van der Waals surface area contributed by atoms with E-state index in [4.69, 9.17) is 5.73 Å². The third-order valence-corrected chi connectivity index (χ3v) is 3.21. The Morgan fingerprint density at radius 1 is 1.15 bits per heavy atom. The van der Waals surface area contributed by atoms with E-state index in [9.17, 15) is 9.50 Å². The zero-order valence-corrected chi connectivity index (χ0v) is 12.1. The second kappa shape index (κ2) is 7.39. The first-order chi connectivity index (χ1) is 9.08. The van der Waals surface area contributed by atoms with Crippen molar-refractivity contribution in [1.82, 2.24) is 0 Å². The van der Waals surface area contributed by atoms with Crippen LogP contribution in [0.2, 0.25) is 0 Å². The van der Waals surface area contributed by atoms with Crippen LogP contribution in [0.15, 0.2) is 48.5 Å². The summed E-state index contributed by atoms with van der Waals surface area (Å²) in [5.41, 5.74) is 8.24. The van der Waals surface area contributed by atoms with Gasteiger partial charge in [0.05, 0.1) is 12.1 Å². The first-order valence-electron chi connectivity index (χ1n) is 6.31. The molecule has 2 nitrogen and oxygen atoms in total. The quantitative estimate of drug-likeness (QED) is 0.910. The second-order valence-corrected chi connectivity index (χ2v) is 4.81. The molecule has 0 bridgehead atoms. The minimum atomic E-state index is -0.807. The van der Waals surface area contributed by atoms with E-state index in [0.717, 1.165) is 11.1 Å². The van der Waals surface area contributed by atoms with E-state index in [1.165, 1.54) is 6.07 Å². The topological polar surface area (TPSA) is 46.2 Å². The number of halogens is 2. The average Bonchev–Trinajstić information content (AvgIpc) is 2.42. The molecule has 0 heterocycles. The van der Waals surface area contributed by atoms with Crippen LogP contribution in [0.4, 0.5) is 4.39 Å². The molecule has 0 saturated carbocycles. The van der Waals surface area contributed by atoms with Crippen molar-refractivity contribution in [2.75, 3.05) is 0 Å². The zero-order chi connectivity index (χ0) is 13.8. The molecule has 0 aliphatic heterocycles. The number of aliphatic hydroxyl groups excluding tert-OH is 1. The van der Waals surface area contributed by atoms with Crippen LogP contribution in [0.3, 0.4) is 0 Å². The van der Waals surface area contributed by atoms with E-state index in [-0.39, 0.29) is 18.2 Å². The highest BCUT2D eigenvalue weighted by Crippen LogP contribution is 2.21. The first kappa shape index (κ1) is 16.6. The molecule has 0 unspecified atom stereocenters. The van der Waals surface area contributed by atoms with Crippen LogP contribution >= 0.6 is 12.4 Å². The van der Waals surface area contributed by atoms with Crippen molar-refractivity contribution in [1.29, 1.82) is 0 Å². The van der Waals surface area contributed by atoms with Gasteiger partial charge in [-0.2, -0.15) is 0 Å². The number of nitrogens with two attached hydrogens (primary N) is 1. The predicted octanol–water partition coefficient (Wildman–Crippen LogP) is 3.16. The summed E-state index contributed by atoms with van der Waals surface area (Å²) in [5, 5.41) is 10.1. The van der Waals surface area contributed by atoms with E-state index in [2.05, 4.69) is 0 Å². The number of rotatable bonds is 4. The van der Waals surface area contributed by atoms with Gasteiger partial charge in [-0.15, -0.1) is 12.4 Å². The lowest BCUT2D eigenvalue weighted by molar-refractivity contribution is 0.143. The molecule has 0 spiro atoms. The molecule has 2 rings (SSSR count). The van der Waals surface area contributed by atoms with Crippen molar-refractivity contribution in [3.8, 4) is 0 Å². The fraction of sp³-hybridized carbons (Fsp3) is 0.250. The average molecular weight is 296 g/mol. The Labute approximate surface area is 124 Å². The van der Waals surface area contributed by atoms with Gasteiger partial charge in [-0.25, -0.2) is 4.39 Å². The Hall–Kier alpha value is -1.42. The summed E-state index contributed by atoms with van der Waals surface area (Å²) in [6, 6.07) is 13.6. The molecule has 0 aromatic heterocycles. The third kappa shape index (κ3) is 4.04. The maximum Gasteiger partial charge on any atom is 0.128 e. The van der Waals surface area contributed by atoms with Gasteiger partial charge in [0.25, 0.3) is 0 Å². The number of hydrogen-bond donors (Lipinski definition) is 2. The summed E-state index contributed by atoms with van der Waals surface area (Å²) >= 11 is 0. The molecule has 0 amide bonds. The maximum absolute atomic E-state index is 13.7. The summed E-state index contributed by atoms with van der Waals surface area (Å²) in [7, 11) is 0. The summed E-state index contributed by atoms with van der Waals surface area (Å²) in [4.78, 5) is 0. The normalized spacial score (nSPS) is 13.4. The van der Waals surface area contributed by atoms with Crippen molar-refractivity contribution in [3.63, 3.8) is 0 Å². The van der Waals surface area contributed by atoms with Gasteiger partial charge in [-0.3, -0.25) is 0 Å². The minimum Gasteiger partial charge on any atom is -0.391 e. The lowest BCUT2D eigenvalue weighted by atomic mass is 9.95. The molecule has 0 fully saturated rings. The summed E-state index contributed by atoms with van der Waals surface area (Å²) in [6.07, 6.45) is -0.395. The Bertz CT molecular complexity index is 547. The van der Waals surface area contributed by atoms with Crippen LogP contribution in [-0.2, 0) is 6.42 Å². The van der Waals surface area contributed by atoms with E-state index in [1.54, 1.807) is 12.1 Å². The minimum absolute atomic E-state index is 0. The predicted molar refractivity (Wildman–Crippen MR) is 81.5 cm³/mol. The molecule has 0 saturated heterocycles. The lowest BCUT2D eigenvalue weighted by Gasteiger charge is -2.20. The fourth-order valence-corrected chi connectivity index (χ4v) is 2.11. The zero-order valence-electron chi connectivity index (χ0n) is 11.3. The Morgan fingerprint density at radius 3 is 2.45 bits per heavy atom. The molecule has 0 aliphatic rings. The Morgan fingerprint density at radius 2 is 1.80 bits per heavy atom. The molecule has 4 heteroatoms. The highest BCUT2D eigenvalue weighted by Gasteiger charge is 2.20. The molecule has 20 heavy (non-hydrogen) atoms. The number of hydrogen-bond acceptors (Lipinski definition) is 2. The highest BCUT2D eigenvalue weighted by molar-refractivity contribution is 5.85. The van der Waals surface area contributed by atoms with Crippen LogP contribution in [0.5, 0.6) is 0 Å². The number of aryl methyl sites for hydroxylation is 1. The third-order valence-electron chi connectivity index (χ3n) is 3.21. The molecule has 2 atom stereocenters. The molecular formula is C16H19ClFNO. The number of aliphatic hydroxyl groups is 1. The van der Waals surface area contributed by atoms with Gasteiger partial charge in [0.15, 0.2) is 0 Å². The second-order valence-electron chi connectivity index (χ2n) is 4.81. The van der Waals surface area contributed by atoms with Crippen molar-refractivity contribution < 1.29 is 9.50 Å². The molecular weight excluding hydrogens is 277 g/mol. The molecule has 0 radical (unpaired) electrons. The standard InChI is InChI=1S/C16H18FNO.ClH/c1-11-7-8-14(17)13(9-11)16(18)15(19)10-12-5-3-2-4-6-12;/h2-9,15-16,19H,10,18H2,1H3;1H/t15-,16+;/m0./s1. The fourth-order valence-electron chi connectivity index (χ4n) is 2.11.